The molecule has 0 saturated heterocycles. The highest BCUT2D eigenvalue weighted by atomic mass is 19.1. The van der Waals surface area contributed by atoms with Crippen molar-refractivity contribution in [2.45, 2.75) is 39.3 Å². The monoisotopic (exact) mass is 224 g/mol. The van der Waals surface area contributed by atoms with E-state index in [9.17, 15) is 4.39 Å². The molecule has 0 aromatic heterocycles. The summed E-state index contributed by atoms with van der Waals surface area (Å²) in [5, 5.41) is 0. The van der Waals surface area contributed by atoms with Crippen LogP contribution < -0.4 is 5.73 Å². The third-order valence-corrected chi connectivity index (χ3v) is 2.98. The molecule has 0 saturated carbocycles. The lowest BCUT2D eigenvalue weighted by molar-refractivity contribution is 0.237. The van der Waals surface area contributed by atoms with E-state index >= 15 is 0 Å². The number of nitrogens with zero attached hydrogens (tertiary/aromatic N) is 1. The Morgan fingerprint density at radius 2 is 2.12 bits per heavy atom. The Morgan fingerprint density at radius 3 is 2.75 bits per heavy atom. The molecule has 0 aliphatic heterocycles. The van der Waals surface area contributed by atoms with Gasteiger partial charge in [-0.3, -0.25) is 4.90 Å². The smallest absolute Gasteiger partial charge is 0.123 e. The van der Waals surface area contributed by atoms with Crippen molar-refractivity contribution >= 4 is 5.69 Å². The van der Waals surface area contributed by atoms with E-state index in [1.165, 1.54) is 12.1 Å². The van der Waals surface area contributed by atoms with E-state index in [2.05, 4.69) is 18.7 Å². The molecular weight excluding hydrogens is 203 g/mol. The first kappa shape index (κ1) is 13.0. The van der Waals surface area contributed by atoms with Crippen LogP contribution in [0.2, 0.25) is 0 Å². The zero-order chi connectivity index (χ0) is 12.1. The fourth-order valence-corrected chi connectivity index (χ4v) is 1.77. The first-order chi connectivity index (χ1) is 7.54. The first-order valence-corrected chi connectivity index (χ1v) is 5.78. The second-order valence-corrected chi connectivity index (χ2v) is 4.40. The van der Waals surface area contributed by atoms with Crippen molar-refractivity contribution in [1.29, 1.82) is 0 Å². The van der Waals surface area contributed by atoms with Gasteiger partial charge >= 0.3 is 0 Å². The normalized spacial score (nSPS) is 13.1. The fraction of sp³-hybridized carbons (Fsp3) is 0.538. The fourth-order valence-electron chi connectivity index (χ4n) is 1.77. The number of hydrogen-bond acceptors (Lipinski definition) is 2. The van der Waals surface area contributed by atoms with Gasteiger partial charge in [-0.25, -0.2) is 4.39 Å². The summed E-state index contributed by atoms with van der Waals surface area (Å²) in [6.07, 6.45) is 2.30. The Bertz CT molecular complexity index is 339. The van der Waals surface area contributed by atoms with Gasteiger partial charge < -0.3 is 5.73 Å². The van der Waals surface area contributed by atoms with Crippen LogP contribution in [0.4, 0.5) is 10.1 Å². The lowest BCUT2D eigenvalue weighted by Gasteiger charge is -2.24. The molecule has 0 bridgehead atoms. The SMILES string of the molecule is CCCC(C)N(C)Cc1cc(F)ccc1N. The van der Waals surface area contributed by atoms with Crippen molar-refractivity contribution in [2.75, 3.05) is 12.8 Å². The number of nitrogens with two attached hydrogens (primary N) is 1. The quantitative estimate of drug-likeness (QED) is 0.779. The predicted octanol–water partition coefficient (Wildman–Crippen LogP) is 3.03. The first-order valence-electron chi connectivity index (χ1n) is 5.78. The van der Waals surface area contributed by atoms with Gasteiger partial charge in [0, 0.05) is 18.3 Å². The number of benzene rings is 1. The Hall–Kier alpha value is -1.09. The second-order valence-electron chi connectivity index (χ2n) is 4.40. The van der Waals surface area contributed by atoms with E-state index < -0.39 is 0 Å². The zero-order valence-electron chi connectivity index (χ0n) is 10.3. The summed E-state index contributed by atoms with van der Waals surface area (Å²) in [7, 11) is 2.05. The molecule has 1 rings (SSSR count). The highest BCUT2D eigenvalue weighted by molar-refractivity contribution is 5.46. The molecule has 1 unspecified atom stereocenters. The van der Waals surface area contributed by atoms with Gasteiger partial charge in [0.25, 0.3) is 0 Å². The average molecular weight is 224 g/mol. The number of hydrogen-bond donors (Lipinski definition) is 1. The molecule has 90 valence electrons. The van der Waals surface area contributed by atoms with E-state index in [-0.39, 0.29) is 5.82 Å². The van der Waals surface area contributed by atoms with Crippen LogP contribution in [0.5, 0.6) is 0 Å². The maximum absolute atomic E-state index is 13.1. The summed E-state index contributed by atoms with van der Waals surface area (Å²) in [6, 6.07) is 5.04. The van der Waals surface area contributed by atoms with Crippen LogP contribution in [0, 0.1) is 5.82 Å². The van der Waals surface area contributed by atoms with Crippen molar-refractivity contribution in [3.05, 3.63) is 29.6 Å². The molecule has 3 heteroatoms. The van der Waals surface area contributed by atoms with Crippen LogP contribution >= 0.6 is 0 Å². The topological polar surface area (TPSA) is 29.3 Å². The van der Waals surface area contributed by atoms with Gasteiger partial charge in [-0.05, 0) is 44.2 Å². The van der Waals surface area contributed by atoms with E-state index in [4.69, 9.17) is 5.73 Å². The van der Waals surface area contributed by atoms with Crippen molar-refractivity contribution < 1.29 is 4.39 Å². The lowest BCUT2D eigenvalue weighted by atomic mass is 10.1. The number of halogens is 1. The minimum Gasteiger partial charge on any atom is -0.398 e. The van der Waals surface area contributed by atoms with Gasteiger partial charge in [0.1, 0.15) is 5.82 Å². The molecule has 2 nitrogen and oxygen atoms in total. The molecule has 1 aromatic rings. The predicted molar refractivity (Wildman–Crippen MR) is 66.6 cm³/mol. The van der Waals surface area contributed by atoms with E-state index in [1.54, 1.807) is 6.07 Å². The molecule has 0 amide bonds. The minimum absolute atomic E-state index is 0.222. The van der Waals surface area contributed by atoms with Crippen molar-refractivity contribution in [3.8, 4) is 0 Å². The maximum atomic E-state index is 13.1. The molecule has 1 aromatic carbocycles. The molecule has 0 heterocycles. The maximum Gasteiger partial charge on any atom is 0.123 e. The van der Waals surface area contributed by atoms with Crippen LogP contribution in [-0.2, 0) is 6.54 Å². The summed E-state index contributed by atoms with van der Waals surface area (Å²) in [6.45, 7) is 5.05. The molecule has 1 atom stereocenters. The molecule has 2 N–H and O–H groups in total. The van der Waals surface area contributed by atoms with Gasteiger partial charge in [-0.15, -0.1) is 0 Å². The Labute approximate surface area is 97.3 Å². The summed E-state index contributed by atoms with van der Waals surface area (Å²) in [5.41, 5.74) is 7.35. The van der Waals surface area contributed by atoms with Crippen molar-refractivity contribution in [2.24, 2.45) is 0 Å². The van der Waals surface area contributed by atoms with Gasteiger partial charge in [0.2, 0.25) is 0 Å². The van der Waals surface area contributed by atoms with Gasteiger partial charge in [0.05, 0.1) is 0 Å². The highest BCUT2D eigenvalue weighted by Gasteiger charge is 2.10. The lowest BCUT2D eigenvalue weighted by Crippen LogP contribution is -2.28. The second kappa shape index (κ2) is 5.85. The summed E-state index contributed by atoms with van der Waals surface area (Å²) in [5.74, 6) is -0.222. The van der Waals surface area contributed by atoms with Crippen LogP contribution in [0.3, 0.4) is 0 Å². The zero-order valence-corrected chi connectivity index (χ0v) is 10.3. The standard InChI is InChI=1S/C13H21FN2/c1-4-5-10(2)16(3)9-11-8-12(14)6-7-13(11)15/h6-8,10H,4-5,9,15H2,1-3H3. The summed E-state index contributed by atoms with van der Waals surface area (Å²) in [4.78, 5) is 2.20. The molecular formula is C13H21FN2. The van der Waals surface area contributed by atoms with Crippen molar-refractivity contribution in [1.82, 2.24) is 4.90 Å². The van der Waals surface area contributed by atoms with Gasteiger partial charge in [0.15, 0.2) is 0 Å². The largest absolute Gasteiger partial charge is 0.398 e. The van der Waals surface area contributed by atoms with Crippen LogP contribution in [0.15, 0.2) is 18.2 Å². The van der Waals surface area contributed by atoms with Crippen LogP contribution in [-0.4, -0.2) is 18.0 Å². The minimum atomic E-state index is -0.222. The van der Waals surface area contributed by atoms with Gasteiger partial charge in [-0.1, -0.05) is 13.3 Å². The van der Waals surface area contributed by atoms with Crippen LogP contribution in [0.1, 0.15) is 32.3 Å². The van der Waals surface area contributed by atoms with E-state index in [0.717, 1.165) is 18.4 Å². The Morgan fingerprint density at radius 1 is 1.44 bits per heavy atom. The third kappa shape index (κ3) is 3.49. The summed E-state index contributed by atoms with van der Waals surface area (Å²) < 4.78 is 13.1. The van der Waals surface area contributed by atoms with Gasteiger partial charge in [-0.2, -0.15) is 0 Å². The van der Waals surface area contributed by atoms with E-state index in [1.807, 2.05) is 7.05 Å². The average Bonchev–Trinajstić information content (AvgIpc) is 2.23. The molecule has 0 spiro atoms. The molecule has 0 aliphatic carbocycles. The Balaban J connectivity index is 2.68. The molecule has 16 heavy (non-hydrogen) atoms. The van der Waals surface area contributed by atoms with Crippen LogP contribution in [0.25, 0.3) is 0 Å². The van der Waals surface area contributed by atoms with Crippen molar-refractivity contribution in [3.63, 3.8) is 0 Å². The Kier molecular flexibility index (Phi) is 4.74. The molecule has 0 fully saturated rings. The molecule has 0 aliphatic rings. The number of rotatable bonds is 5. The third-order valence-electron chi connectivity index (χ3n) is 2.98. The van der Waals surface area contributed by atoms with E-state index in [0.29, 0.717) is 18.3 Å². The molecule has 0 radical (unpaired) electrons. The number of anilines is 1. The number of nitrogen functional groups attached to an aromatic ring is 1. The highest BCUT2D eigenvalue weighted by Crippen LogP contribution is 2.17. The summed E-state index contributed by atoms with van der Waals surface area (Å²) >= 11 is 0.